The lowest BCUT2D eigenvalue weighted by atomic mass is 9.89. The number of rotatable bonds is 16. The van der Waals surface area contributed by atoms with Crippen LogP contribution in [0.15, 0.2) is 133 Å². The third-order valence-electron chi connectivity index (χ3n) is 16.4. The van der Waals surface area contributed by atoms with Crippen LogP contribution in [0.5, 0.6) is 17.2 Å². The number of carbonyl (C=O) groups excluding carboxylic acids is 10. The van der Waals surface area contributed by atoms with Gasteiger partial charge in [-0.2, -0.15) is 0 Å². The van der Waals surface area contributed by atoms with Gasteiger partial charge in [-0.05, 0) is 136 Å². The zero-order valence-electron chi connectivity index (χ0n) is 60.4. The summed E-state index contributed by atoms with van der Waals surface area (Å²) in [5.41, 5.74) is 5.31. The molecule has 544 valence electrons. The van der Waals surface area contributed by atoms with Crippen LogP contribution in [-0.4, -0.2) is 141 Å². The third kappa shape index (κ3) is 22.4. The highest BCUT2D eigenvalue weighted by molar-refractivity contribution is 5.96. The molecule has 0 aromatic heterocycles. The summed E-state index contributed by atoms with van der Waals surface area (Å²) in [6, 6.07) is 34.7. The summed E-state index contributed by atoms with van der Waals surface area (Å²) in [5, 5.41) is 8.13. The molecule has 0 aliphatic carbocycles. The molecule has 0 unspecified atom stereocenters. The minimum atomic E-state index is -1.29. The second-order valence-electron chi connectivity index (χ2n) is 27.0. The second kappa shape index (κ2) is 36.0. The van der Waals surface area contributed by atoms with Crippen molar-refractivity contribution in [1.29, 1.82) is 0 Å². The van der Waals surface area contributed by atoms with Crippen LogP contribution in [0.25, 0.3) is 22.3 Å². The maximum atomic E-state index is 14.3. The summed E-state index contributed by atoms with van der Waals surface area (Å²) in [7, 11) is 5.40. The van der Waals surface area contributed by atoms with Gasteiger partial charge in [0.2, 0.25) is 11.8 Å². The Labute approximate surface area is 595 Å². The van der Waals surface area contributed by atoms with Crippen LogP contribution in [0.2, 0.25) is 0 Å². The molecule has 0 radical (unpaired) electrons. The molecule has 6 aromatic carbocycles. The monoisotopic (exact) mass is 1400 g/mol. The predicted octanol–water partition coefficient (Wildman–Crippen LogP) is 12.3. The lowest BCUT2D eigenvalue weighted by Gasteiger charge is -2.29. The second-order valence-corrected chi connectivity index (χ2v) is 27.0. The molecule has 6 aromatic rings. The van der Waals surface area contributed by atoms with Crippen LogP contribution in [0.1, 0.15) is 133 Å². The molecule has 6 atom stereocenters. The number of alkyl carbamates (subject to hydrolysis) is 1. The van der Waals surface area contributed by atoms with Crippen molar-refractivity contribution < 1.29 is 90.6 Å². The van der Waals surface area contributed by atoms with Crippen LogP contribution in [0.3, 0.4) is 0 Å². The van der Waals surface area contributed by atoms with Crippen molar-refractivity contribution in [3.63, 3.8) is 0 Å². The molecule has 102 heavy (non-hydrogen) atoms. The van der Waals surface area contributed by atoms with Crippen LogP contribution in [0, 0.1) is 18.8 Å². The van der Waals surface area contributed by atoms with E-state index in [1.807, 2.05) is 80.6 Å². The highest BCUT2D eigenvalue weighted by atomic mass is 16.7. The Morgan fingerprint density at radius 3 is 1.40 bits per heavy atom. The molecule has 8 bridgehead atoms. The van der Waals surface area contributed by atoms with E-state index >= 15 is 0 Å². The molecule has 3 N–H and O–H groups in total. The smallest absolute Gasteiger partial charge is 0.493 e. The van der Waals surface area contributed by atoms with Gasteiger partial charge in [-0.1, -0.05) is 118 Å². The maximum absolute atomic E-state index is 14.3. The number of hydrogen-bond donors (Lipinski definition) is 3. The lowest BCUT2D eigenvalue weighted by molar-refractivity contribution is -0.146. The number of aryl methyl sites for hydroxylation is 1. The predicted molar refractivity (Wildman–Crippen MR) is 378 cm³/mol. The Morgan fingerprint density at radius 2 is 0.941 bits per heavy atom. The number of ketones is 2. The van der Waals surface area contributed by atoms with Gasteiger partial charge < -0.3 is 58.6 Å². The Hall–Kier alpha value is -10.8. The number of benzene rings is 6. The van der Waals surface area contributed by atoms with Gasteiger partial charge in [0, 0.05) is 68.3 Å². The Morgan fingerprint density at radius 1 is 0.520 bits per heavy atom. The van der Waals surface area contributed by atoms with Gasteiger partial charge in [0.1, 0.15) is 72.4 Å². The van der Waals surface area contributed by atoms with Crippen molar-refractivity contribution in [2.24, 2.45) is 11.8 Å². The summed E-state index contributed by atoms with van der Waals surface area (Å²) in [6.45, 7) is 17.9. The first-order valence-electron chi connectivity index (χ1n) is 33.7. The third-order valence-corrected chi connectivity index (χ3v) is 16.4. The van der Waals surface area contributed by atoms with E-state index < -0.39 is 101 Å². The molecule has 2 aliphatic rings. The van der Waals surface area contributed by atoms with E-state index in [1.165, 1.54) is 45.3 Å². The fourth-order valence-electron chi connectivity index (χ4n) is 11.3. The maximum Gasteiger partial charge on any atom is 0.514 e. The Kier molecular flexibility index (Phi) is 27.7. The van der Waals surface area contributed by atoms with E-state index in [1.54, 1.807) is 110 Å². The van der Waals surface area contributed by atoms with Gasteiger partial charge in [0.15, 0.2) is 11.6 Å². The molecule has 2 heterocycles. The van der Waals surface area contributed by atoms with E-state index in [0.29, 0.717) is 34.6 Å². The van der Waals surface area contributed by atoms with Crippen LogP contribution >= 0.6 is 0 Å². The number of hydrogen-bond acceptors (Lipinski definition) is 19. The minimum absolute atomic E-state index is 0.0191. The first-order valence-corrected chi connectivity index (χ1v) is 33.7. The Balaban J connectivity index is 0.000000297. The van der Waals surface area contributed by atoms with Gasteiger partial charge in [-0.15, -0.1) is 0 Å². The number of Topliss-reactive ketones (excluding diaryl/α,β-unsaturated/α-hetero) is 2. The molecule has 0 spiro atoms. The number of carbonyl (C=O) groups is 10. The number of esters is 2. The van der Waals surface area contributed by atoms with Gasteiger partial charge >= 0.3 is 36.4 Å². The quantitative estimate of drug-likeness (QED) is 0.0351. The summed E-state index contributed by atoms with van der Waals surface area (Å²) < 4.78 is 50.1. The average molecular weight is 1400 g/mol. The molecular weight excluding hydrogens is 1310 g/mol. The lowest BCUT2D eigenvalue weighted by Crippen LogP contribution is -2.46. The molecule has 24 heteroatoms. The van der Waals surface area contributed by atoms with Crippen molar-refractivity contribution in [1.82, 2.24) is 25.8 Å². The van der Waals surface area contributed by atoms with E-state index in [-0.39, 0.29) is 74.9 Å². The minimum Gasteiger partial charge on any atom is -0.493 e. The molecule has 8 rings (SSSR count). The van der Waals surface area contributed by atoms with E-state index in [4.69, 9.17) is 42.6 Å². The number of likely N-dealkylation sites (N-methyl/N-ethyl adjacent to an activating group) is 2. The number of nitrogens with one attached hydrogen (secondary N) is 3. The summed E-state index contributed by atoms with van der Waals surface area (Å²) in [6.07, 6.45) is -2.65. The summed E-state index contributed by atoms with van der Waals surface area (Å²) >= 11 is 0. The molecule has 0 saturated carbocycles. The normalized spacial score (nSPS) is 17.7. The number of amides is 5. The molecule has 0 fully saturated rings. The highest BCUT2D eigenvalue weighted by Crippen LogP contribution is 2.42. The van der Waals surface area contributed by atoms with Crippen molar-refractivity contribution in [3.8, 4) is 39.5 Å². The summed E-state index contributed by atoms with van der Waals surface area (Å²) in [5.74, 6) is -4.00. The number of nitrogens with zero attached hydrogens (tertiary/aromatic N) is 2. The zero-order valence-corrected chi connectivity index (χ0v) is 60.4. The Bertz CT molecular complexity index is 3980. The summed E-state index contributed by atoms with van der Waals surface area (Å²) in [4.78, 5) is 136. The molecular formula is C78H93N5O19. The van der Waals surface area contributed by atoms with Gasteiger partial charge in [0.05, 0.1) is 27.4 Å². The SMILES string of the molecule is CCCOc1ccc2cc1-c1cc(ccc1C)C[C@@H](C(=O)OC)NC(=O)[C@H](C)CC(=O)[C@H]2N(C)C(=O)OCc1ccccc1.COC(=O)[C@@H]1Cc2ccc(OCCNC(=O)OC(C)(C)C)c(c2)-c2cc(ccc2OC(=O)OC(C)(C)C)[C@H](N(C)C(=O)OCc2ccccc2)C(=O)C[C@@H](C)C(=O)N1. The standard InChI is InChI=1S/C43H53N3O12.C35H40N2O7/c1-26-21-33(47)36(46(8)40(51)55-25-27-13-11-10-12-14-27)29-16-18-35(56-41(52)58-43(5,6)7)31(24-29)30-22-28(23-32(38(49)53-9)45-37(26)48)15-17-34(30)54-20-19-44-39(50)57-42(2,3)4;1-6-16-43-31-15-14-26-20-28(31)27-18-25(13-12-22(27)2)19-29(34(40)42-5)36-33(39)23(3)17-30(38)32(26)37(4)35(41)44-21-24-10-8-7-9-11-24/h10-18,22,24,26,32,36H,19-21,23,25H2,1-9H3,(H,44,50)(H,45,48);7-15,18,20,23,29,32H,6,16-17,19,21H2,1-5H3,(H,36,39)/t26-,32+,36+;23-,29+,32+/m11/s1. The molecule has 2 aliphatic heterocycles. The van der Waals surface area contributed by atoms with Crippen LogP contribution in [0.4, 0.5) is 19.2 Å². The van der Waals surface area contributed by atoms with Gasteiger partial charge in [-0.3, -0.25) is 29.0 Å². The van der Waals surface area contributed by atoms with Crippen LogP contribution in [-0.2, 0) is 83.2 Å². The number of fused-ring (bicyclic) bond motifs is 10. The van der Waals surface area contributed by atoms with E-state index in [0.717, 1.165) is 44.7 Å². The zero-order chi connectivity index (χ0) is 74.6. The van der Waals surface area contributed by atoms with Crippen molar-refractivity contribution in [2.45, 2.75) is 150 Å². The first-order chi connectivity index (χ1) is 48.4. The molecule has 24 nitrogen and oxygen atoms in total. The van der Waals surface area contributed by atoms with Gasteiger partial charge in [0.25, 0.3) is 0 Å². The molecule has 5 amide bonds. The molecule has 0 saturated heterocycles. The van der Waals surface area contributed by atoms with Crippen molar-refractivity contribution >= 4 is 59.8 Å². The first kappa shape index (κ1) is 78.6. The fourth-order valence-corrected chi connectivity index (χ4v) is 11.3. The van der Waals surface area contributed by atoms with Crippen molar-refractivity contribution in [3.05, 3.63) is 172 Å². The average Bonchev–Trinajstić information content (AvgIpc) is 0.785. The topological polar surface area (TPSA) is 296 Å². The van der Waals surface area contributed by atoms with Crippen LogP contribution < -0.4 is 30.2 Å². The number of methoxy groups -OCH3 is 2. The largest absolute Gasteiger partial charge is 0.514 e. The van der Waals surface area contributed by atoms with E-state index in [9.17, 15) is 47.9 Å². The highest BCUT2D eigenvalue weighted by Gasteiger charge is 2.37. The van der Waals surface area contributed by atoms with E-state index in [2.05, 4.69) is 16.0 Å². The van der Waals surface area contributed by atoms with Crippen molar-refractivity contribution in [2.75, 3.05) is 48.1 Å². The fraction of sp³-hybridized carbons (Fsp3) is 0.410. The van der Waals surface area contributed by atoms with Gasteiger partial charge in [-0.25, -0.2) is 28.8 Å². The number of ether oxygens (including phenoxy) is 9.